The molecule has 4 heteroatoms. The van der Waals surface area contributed by atoms with Crippen LogP contribution in [0.25, 0.3) is 0 Å². The van der Waals surface area contributed by atoms with Gasteiger partial charge in [-0.1, -0.05) is 5.92 Å². The topological polar surface area (TPSA) is 50.1 Å². The van der Waals surface area contributed by atoms with E-state index in [-0.39, 0.29) is 11.1 Å². The summed E-state index contributed by atoms with van der Waals surface area (Å²) in [5.41, 5.74) is 0.330. The van der Waals surface area contributed by atoms with Gasteiger partial charge in [-0.3, -0.25) is 0 Å². The number of rotatable bonds is 1. The lowest BCUT2D eigenvalue weighted by atomic mass is 10.1. The zero-order chi connectivity index (χ0) is 11.3. The molecule has 0 saturated heterocycles. The second-order valence-corrected chi connectivity index (χ2v) is 2.58. The Kier molecular flexibility index (Phi) is 3.43. The van der Waals surface area contributed by atoms with E-state index in [9.17, 15) is 9.18 Å². The van der Waals surface area contributed by atoms with Crippen LogP contribution in [0.2, 0.25) is 0 Å². The molecule has 0 N–H and O–H groups in total. The quantitative estimate of drug-likeness (QED) is 0.513. The fraction of sp³-hybridized carbons (Fsp3) is 0.0909. The van der Waals surface area contributed by atoms with E-state index in [1.807, 2.05) is 0 Å². The molecule has 0 spiro atoms. The minimum absolute atomic E-state index is 0.0692. The Hall–Kier alpha value is -2.33. The number of nitriles is 1. The predicted molar refractivity (Wildman–Crippen MR) is 50.2 cm³/mol. The summed E-state index contributed by atoms with van der Waals surface area (Å²) in [4.78, 5) is 11.1. The highest BCUT2D eigenvalue weighted by Gasteiger charge is 2.07. The Morgan fingerprint density at radius 3 is 2.80 bits per heavy atom. The number of carbonyl (C=O) groups is 1. The number of nitrogens with zero attached hydrogens (tertiary/aromatic N) is 1. The van der Waals surface area contributed by atoms with Gasteiger partial charge in [-0.25, -0.2) is 9.18 Å². The van der Waals surface area contributed by atoms with Crippen LogP contribution in [0.5, 0.6) is 0 Å². The minimum Gasteiger partial charge on any atom is -0.465 e. The zero-order valence-corrected chi connectivity index (χ0v) is 7.87. The molecule has 74 valence electrons. The van der Waals surface area contributed by atoms with E-state index in [1.54, 1.807) is 6.07 Å². The van der Waals surface area contributed by atoms with E-state index in [0.717, 1.165) is 12.1 Å². The van der Waals surface area contributed by atoms with Gasteiger partial charge in [-0.2, -0.15) is 5.26 Å². The molecule has 0 saturated carbocycles. The molecule has 0 amide bonds. The summed E-state index contributed by atoms with van der Waals surface area (Å²) in [6.45, 7) is 0. The average molecular weight is 203 g/mol. The van der Waals surface area contributed by atoms with Gasteiger partial charge in [-0.15, -0.1) is 0 Å². The summed E-state index contributed by atoms with van der Waals surface area (Å²) in [6.07, 6.45) is 0. The molecule has 0 aliphatic rings. The van der Waals surface area contributed by atoms with Crippen molar-refractivity contribution in [3.05, 3.63) is 35.1 Å². The van der Waals surface area contributed by atoms with E-state index in [0.29, 0.717) is 0 Å². The molecule has 0 aromatic heterocycles. The number of methoxy groups -OCH3 is 1. The van der Waals surface area contributed by atoms with Crippen LogP contribution in [0, 0.1) is 29.0 Å². The zero-order valence-electron chi connectivity index (χ0n) is 7.87. The molecular weight excluding hydrogens is 197 g/mol. The lowest BCUT2D eigenvalue weighted by Gasteiger charge is -1.99. The Morgan fingerprint density at radius 1 is 1.47 bits per heavy atom. The Balaban J connectivity index is 3.17. The summed E-state index contributed by atoms with van der Waals surface area (Å²) >= 11 is 0. The summed E-state index contributed by atoms with van der Waals surface area (Å²) in [5.74, 6) is 3.27. The van der Waals surface area contributed by atoms with E-state index >= 15 is 0 Å². The van der Waals surface area contributed by atoms with Gasteiger partial charge in [0.1, 0.15) is 5.82 Å². The van der Waals surface area contributed by atoms with Crippen molar-refractivity contribution in [1.82, 2.24) is 0 Å². The molecule has 1 rings (SSSR count). The summed E-state index contributed by atoms with van der Waals surface area (Å²) in [7, 11) is 1.20. The first-order valence-electron chi connectivity index (χ1n) is 3.96. The molecule has 0 aliphatic heterocycles. The lowest BCUT2D eigenvalue weighted by molar-refractivity contribution is 0.0600. The first kappa shape index (κ1) is 10.7. The molecule has 15 heavy (non-hydrogen) atoms. The van der Waals surface area contributed by atoms with Gasteiger partial charge in [-0.05, 0) is 18.2 Å². The maximum Gasteiger partial charge on any atom is 0.337 e. The lowest BCUT2D eigenvalue weighted by Crippen LogP contribution is -2.02. The van der Waals surface area contributed by atoms with Crippen LogP contribution in [0.15, 0.2) is 18.2 Å². The maximum atomic E-state index is 13.0. The number of halogens is 1. The van der Waals surface area contributed by atoms with Crippen molar-refractivity contribution in [2.24, 2.45) is 0 Å². The molecule has 0 atom stereocenters. The van der Waals surface area contributed by atoms with Gasteiger partial charge in [0.15, 0.2) is 6.07 Å². The van der Waals surface area contributed by atoms with Crippen LogP contribution < -0.4 is 0 Å². The predicted octanol–water partition coefficient (Wildman–Crippen LogP) is 1.49. The van der Waals surface area contributed by atoms with Gasteiger partial charge >= 0.3 is 5.97 Å². The number of hydrogen-bond acceptors (Lipinski definition) is 3. The summed E-state index contributed by atoms with van der Waals surface area (Å²) < 4.78 is 17.4. The molecule has 1 aromatic rings. The highest BCUT2D eigenvalue weighted by Crippen LogP contribution is 2.09. The van der Waals surface area contributed by atoms with E-state index < -0.39 is 11.8 Å². The van der Waals surface area contributed by atoms with Crippen molar-refractivity contribution in [3.8, 4) is 17.9 Å². The highest BCUT2D eigenvalue weighted by atomic mass is 19.1. The Labute approximate surface area is 86.1 Å². The maximum absolute atomic E-state index is 13.0. The minimum atomic E-state index is -0.644. The van der Waals surface area contributed by atoms with E-state index in [2.05, 4.69) is 16.6 Å². The van der Waals surface area contributed by atoms with Crippen molar-refractivity contribution < 1.29 is 13.9 Å². The molecule has 1 aromatic carbocycles. The van der Waals surface area contributed by atoms with E-state index in [1.165, 1.54) is 13.2 Å². The molecule has 0 bridgehead atoms. The first-order chi connectivity index (χ1) is 7.17. The summed E-state index contributed by atoms with van der Waals surface area (Å²) in [5, 5.41) is 8.21. The van der Waals surface area contributed by atoms with Crippen molar-refractivity contribution >= 4 is 5.97 Å². The molecule has 3 nitrogen and oxygen atoms in total. The Bertz CT molecular complexity index is 492. The third kappa shape index (κ3) is 2.82. The smallest absolute Gasteiger partial charge is 0.337 e. The van der Waals surface area contributed by atoms with Gasteiger partial charge in [0.25, 0.3) is 0 Å². The normalized spacial score (nSPS) is 8.33. The first-order valence-corrected chi connectivity index (χ1v) is 3.96. The Morgan fingerprint density at radius 2 is 2.20 bits per heavy atom. The number of hydrogen-bond donors (Lipinski definition) is 0. The summed E-state index contributed by atoms with van der Waals surface area (Å²) in [6, 6.07) is 5.14. The fourth-order valence-corrected chi connectivity index (χ4v) is 0.998. The van der Waals surface area contributed by atoms with Crippen molar-refractivity contribution in [3.63, 3.8) is 0 Å². The van der Waals surface area contributed by atoms with Gasteiger partial charge in [0, 0.05) is 11.5 Å². The van der Waals surface area contributed by atoms with Crippen molar-refractivity contribution in [1.29, 1.82) is 5.26 Å². The number of esters is 1. The number of benzene rings is 1. The van der Waals surface area contributed by atoms with Gasteiger partial charge in [0.2, 0.25) is 0 Å². The van der Waals surface area contributed by atoms with Crippen molar-refractivity contribution in [2.45, 2.75) is 0 Å². The third-order valence-electron chi connectivity index (χ3n) is 1.58. The van der Waals surface area contributed by atoms with Crippen LogP contribution in [0.4, 0.5) is 4.39 Å². The SMILES string of the molecule is COC(=O)c1cc(F)cc(C#CC#N)c1. The standard InChI is InChI=1S/C11H6FNO2/c1-15-11(14)9-5-8(3-2-4-13)6-10(12)7-9/h5-7H,1H3. The number of carbonyl (C=O) groups excluding carboxylic acids is 1. The monoisotopic (exact) mass is 203 g/mol. The second-order valence-electron chi connectivity index (χ2n) is 2.58. The highest BCUT2D eigenvalue weighted by molar-refractivity contribution is 5.89. The van der Waals surface area contributed by atoms with Crippen LogP contribution in [0.3, 0.4) is 0 Å². The van der Waals surface area contributed by atoms with Gasteiger partial charge in [0.05, 0.1) is 12.7 Å². The van der Waals surface area contributed by atoms with E-state index in [4.69, 9.17) is 5.26 Å². The molecule has 0 fully saturated rings. The molecule has 0 radical (unpaired) electrons. The largest absolute Gasteiger partial charge is 0.465 e. The fourth-order valence-electron chi connectivity index (χ4n) is 0.998. The van der Waals surface area contributed by atoms with Crippen molar-refractivity contribution in [2.75, 3.05) is 7.11 Å². The molecule has 0 heterocycles. The van der Waals surface area contributed by atoms with Gasteiger partial charge < -0.3 is 4.74 Å². The van der Waals surface area contributed by atoms with Crippen LogP contribution in [-0.4, -0.2) is 13.1 Å². The second kappa shape index (κ2) is 4.78. The van der Waals surface area contributed by atoms with Crippen LogP contribution >= 0.6 is 0 Å². The van der Waals surface area contributed by atoms with Crippen LogP contribution in [0.1, 0.15) is 15.9 Å². The number of ether oxygens (including phenoxy) is 1. The third-order valence-corrected chi connectivity index (χ3v) is 1.58. The molecular formula is C11H6FNO2. The average Bonchev–Trinajstić information content (AvgIpc) is 2.24. The molecule has 0 aliphatic carbocycles. The van der Waals surface area contributed by atoms with Crippen LogP contribution in [-0.2, 0) is 4.74 Å². The molecule has 0 unspecified atom stereocenters.